The first-order chi connectivity index (χ1) is 8.25. The molecule has 1 saturated carbocycles. The molecule has 4 heteroatoms. The zero-order valence-electron chi connectivity index (χ0n) is 10.3. The summed E-state index contributed by atoms with van der Waals surface area (Å²) < 4.78 is 2.03. The fourth-order valence-electron chi connectivity index (χ4n) is 3.12. The van der Waals surface area contributed by atoms with Crippen LogP contribution in [0.2, 0.25) is 0 Å². The maximum absolute atomic E-state index is 10.5. The molecule has 1 saturated heterocycles. The molecule has 0 spiro atoms. The van der Waals surface area contributed by atoms with Crippen LogP contribution in [0.25, 0.3) is 0 Å². The van der Waals surface area contributed by atoms with Gasteiger partial charge in [-0.15, -0.1) is 0 Å². The Kier molecular flexibility index (Phi) is 2.92. The normalized spacial score (nSPS) is 25.7. The van der Waals surface area contributed by atoms with Gasteiger partial charge in [0.05, 0.1) is 11.6 Å². The molecule has 2 heterocycles. The van der Waals surface area contributed by atoms with Gasteiger partial charge in [0.25, 0.3) is 0 Å². The molecule has 0 radical (unpaired) electrons. The largest absolute Gasteiger partial charge is 0.389 e. The summed E-state index contributed by atoms with van der Waals surface area (Å²) in [4.78, 5) is 2.36. The highest BCUT2D eigenvalue weighted by Gasteiger charge is 2.36. The lowest BCUT2D eigenvalue weighted by Gasteiger charge is -2.44. The number of hydrogen-bond acceptors (Lipinski definition) is 3. The van der Waals surface area contributed by atoms with E-state index in [9.17, 15) is 5.11 Å². The van der Waals surface area contributed by atoms with Gasteiger partial charge in [0, 0.05) is 32.0 Å². The van der Waals surface area contributed by atoms with E-state index in [1.807, 2.05) is 23.1 Å². The van der Waals surface area contributed by atoms with Gasteiger partial charge in [-0.1, -0.05) is 19.3 Å². The predicted octanol–water partition coefficient (Wildman–Crippen LogP) is 1.43. The third kappa shape index (κ3) is 2.38. The summed E-state index contributed by atoms with van der Waals surface area (Å²) in [6.07, 6.45) is 9.48. The van der Waals surface area contributed by atoms with Crippen molar-refractivity contribution in [3.05, 3.63) is 18.5 Å². The summed E-state index contributed by atoms with van der Waals surface area (Å²) in [6, 6.07) is 2.48. The number of β-amino-alcohol motifs (C(OH)–C–C–N with tert-alkyl or cyclic N) is 1. The van der Waals surface area contributed by atoms with Crippen LogP contribution in [0.3, 0.4) is 0 Å². The highest BCUT2D eigenvalue weighted by Crippen LogP contribution is 2.31. The van der Waals surface area contributed by atoms with Crippen LogP contribution in [0.5, 0.6) is 0 Å². The Morgan fingerprint density at radius 2 is 2.00 bits per heavy atom. The van der Waals surface area contributed by atoms with E-state index in [1.165, 1.54) is 19.3 Å². The third-order valence-electron chi connectivity index (χ3n) is 4.14. The second-order valence-electron chi connectivity index (χ2n) is 5.62. The number of hydrogen-bond donors (Lipinski definition) is 1. The molecule has 2 aliphatic rings. The number of rotatable bonds is 3. The monoisotopic (exact) mass is 235 g/mol. The number of aliphatic hydroxyl groups is 1. The molecule has 1 N–H and O–H groups in total. The number of aromatic nitrogens is 2. The smallest absolute Gasteiger partial charge is 0.0774 e. The van der Waals surface area contributed by atoms with Gasteiger partial charge in [-0.25, -0.2) is 0 Å². The van der Waals surface area contributed by atoms with E-state index in [0.29, 0.717) is 6.04 Å². The molecule has 1 aromatic rings. The van der Waals surface area contributed by atoms with Crippen LogP contribution in [0, 0.1) is 0 Å². The van der Waals surface area contributed by atoms with Gasteiger partial charge in [0.1, 0.15) is 0 Å². The lowest BCUT2D eigenvalue weighted by atomic mass is 9.84. The SMILES string of the molecule is OC1(CN2CC(n3cccn3)C2)CCCCC1. The minimum absolute atomic E-state index is 0.409. The summed E-state index contributed by atoms with van der Waals surface area (Å²) >= 11 is 0. The van der Waals surface area contributed by atoms with Crippen molar-refractivity contribution >= 4 is 0 Å². The Balaban J connectivity index is 1.49. The van der Waals surface area contributed by atoms with Gasteiger partial charge < -0.3 is 5.11 Å². The van der Waals surface area contributed by atoms with Crippen molar-refractivity contribution in [2.24, 2.45) is 0 Å². The standard InChI is InChI=1S/C13H21N3O/c17-13(5-2-1-3-6-13)11-15-9-12(10-15)16-8-4-7-14-16/h4,7-8,12,17H,1-3,5-6,9-11H2. The van der Waals surface area contributed by atoms with Gasteiger partial charge in [-0.2, -0.15) is 5.10 Å². The third-order valence-corrected chi connectivity index (χ3v) is 4.14. The van der Waals surface area contributed by atoms with Gasteiger partial charge in [0.15, 0.2) is 0 Å². The maximum atomic E-state index is 10.5. The fourth-order valence-corrected chi connectivity index (χ4v) is 3.12. The van der Waals surface area contributed by atoms with Crippen molar-refractivity contribution in [2.45, 2.75) is 43.7 Å². The summed E-state index contributed by atoms with van der Waals surface area (Å²) in [5, 5.41) is 14.7. The zero-order valence-corrected chi connectivity index (χ0v) is 10.3. The van der Waals surface area contributed by atoms with Gasteiger partial charge in [-0.3, -0.25) is 9.58 Å². The molecule has 0 aromatic carbocycles. The van der Waals surface area contributed by atoms with E-state index in [4.69, 9.17) is 0 Å². The molecule has 0 bridgehead atoms. The molecule has 1 aromatic heterocycles. The van der Waals surface area contributed by atoms with Crippen molar-refractivity contribution in [3.8, 4) is 0 Å². The molecule has 0 amide bonds. The molecule has 4 nitrogen and oxygen atoms in total. The molecule has 94 valence electrons. The van der Waals surface area contributed by atoms with Crippen LogP contribution in [-0.2, 0) is 0 Å². The zero-order chi connectivity index (χ0) is 11.7. The minimum atomic E-state index is -0.409. The van der Waals surface area contributed by atoms with Crippen LogP contribution in [0.4, 0.5) is 0 Å². The molecule has 17 heavy (non-hydrogen) atoms. The summed E-state index contributed by atoms with van der Waals surface area (Å²) in [7, 11) is 0. The van der Waals surface area contributed by atoms with Gasteiger partial charge in [0.2, 0.25) is 0 Å². The van der Waals surface area contributed by atoms with E-state index < -0.39 is 5.60 Å². The summed E-state index contributed by atoms with van der Waals surface area (Å²) in [5.41, 5.74) is -0.409. The second-order valence-corrected chi connectivity index (χ2v) is 5.62. The maximum Gasteiger partial charge on any atom is 0.0774 e. The Labute approximate surface area is 102 Å². The average molecular weight is 235 g/mol. The van der Waals surface area contributed by atoms with E-state index >= 15 is 0 Å². The van der Waals surface area contributed by atoms with E-state index in [0.717, 1.165) is 32.5 Å². The first-order valence-electron chi connectivity index (χ1n) is 6.69. The highest BCUT2D eigenvalue weighted by molar-refractivity contribution is 4.93. The molecule has 0 atom stereocenters. The van der Waals surface area contributed by atoms with Crippen molar-refractivity contribution in [1.82, 2.24) is 14.7 Å². The molecule has 3 rings (SSSR count). The van der Waals surface area contributed by atoms with E-state index in [-0.39, 0.29) is 0 Å². The minimum Gasteiger partial charge on any atom is -0.389 e. The van der Waals surface area contributed by atoms with Crippen LogP contribution >= 0.6 is 0 Å². The lowest BCUT2D eigenvalue weighted by molar-refractivity contribution is -0.0521. The van der Waals surface area contributed by atoms with Gasteiger partial charge >= 0.3 is 0 Å². The quantitative estimate of drug-likeness (QED) is 0.862. The second kappa shape index (κ2) is 4.42. The van der Waals surface area contributed by atoms with Crippen molar-refractivity contribution in [3.63, 3.8) is 0 Å². The Hall–Kier alpha value is -0.870. The molecule has 1 aliphatic carbocycles. The topological polar surface area (TPSA) is 41.3 Å². The van der Waals surface area contributed by atoms with Crippen LogP contribution in [0.15, 0.2) is 18.5 Å². The number of likely N-dealkylation sites (tertiary alicyclic amines) is 1. The number of nitrogens with zero attached hydrogens (tertiary/aromatic N) is 3. The van der Waals surface area contributed by atoms with Gasteiger partial charge in [-0.05, 0) is 18.9 Å². The van der Waals surface area contributed by atoms with Crippen LogP contribution < -0.4 is 0 Å². The predicted molar refractivity (Wildman–Crippen MR) is 65.7 cm³/mol. The van der Waals surface area contributed by atoms with Crippen LogP contribution in [-0.4, -0.2) is 45.0 Å². The molecule has 0 unspecified atom stereocenters. The Bertz CT molecular complexity index is 351. The van der Waals surface area contributed by atoms with E-state index in [2.05, 4.69) is 10.00 Å². The Morgan fingerprint density at radius 3 is 2.65 bits per heavy atom. The summed E-state index contributed by atoms with van der Waals surface area (Å²) in [5.74, 6) is 0. The van der Waals surface area contributed by atoms with Crippen LogP contribution in [0.1, 0.15) is 38.1 Å². The first kappa shape index (κ1) is 11.2. The molecular weight excluding hydrogens is 214 g/mol. The average Bonchev–Trinajstić information content (AvgIpc) is 2.77. The molecule has 2 fully saturated rings. The fraction of sp³-hybridized carbons (Fsp3) is 0.769. The molecule has 1 aliphatic heterocycles. The molecular formula is C13H21N3O. The first-order valence-corrected chi connectivity index (χ1v) is 6.69. The highest BCUT2D eigenvalue weighted by atomic mass is 16.3. The van der Waals surface area contributed by atoms with Crippen molar-refractivity contribution < 1.29 is 5.11 Å². The Morgan fingerprint density at radius 1 is 1.24 bits per heavy atom. The van der Waals surface area contributed by atoms with Crippen molar-refractivity contribution in [1.29, 1.82) is 0 Å². The lowest BCUT2D eigenvalue weighted by Crippen LogP contribution is -2.54. The van der Waals surface area contributed by atoms with E-state index in [1.54, 1.807) is 0 Å². The van der Waals surface area contributed by atoms with Crippen molar-refractivity contribution in [2.75, 3.05) is 19.6 Å². The summed E-state index contributed by atoms with van der Waals surface area (Å²) in [6.45, 7) is 2.92.